The summed E-state index contributed by atoms with van der Waals surface area (Å²) >= 11 is 2.82. The number of carbonyl (C=O) groups excluding carboxylic acids is 1. The van der Waals surface area contributed by atoms with Gasteiger partial charge in [0.25, 0.3) is 5.56 Å². The highest BCUT2D eigenvalue weighted by Crippen LogP contribution is 2.32. The van der Waals surface area contributed by atoms with Crippen molar-refractivity contribution in [1.82, 2.24) is 4.57 Å². The monoisotopic (exact) mass is 482 g/mol. The molecule has 0 radical (unpaired) electrons. The van der Waals surface area contributed by atoms with Crippen molar-refractivity contribution in [2.75, 3.05) is 13.7 Å². The number of unbranched alkanes of at least 4 members (excludes halogenated alkanes) is 2. The summed E-state index contributed by atoms with van der Waals surface area (Å²) < 4.78 is 13.0. The molecular weight excluding hydrogens is 456 g/mol. The lowest BCUT2D eigenvalue weighted by Gasteiger charge is -2.22. The van der Waals surface area contributed by atoms with Crippen LogP contribution < -0.4 is 19.6 Å². The van der Waals surface area contributed by atoms with E-state index in [1.54, 1.807) is 11.5 Å². The highest BCUT2D eigenvalue weighted by Gasteiger charge is 2.33. The number of ether oxygens (including phenoxy) is 2. The number of nitrogens with zero attached hydrogens (tertiary/aromatic N) is 2. The fourth-order valence-electron chi connectivity index (χ4n) is 3.76. The highest BCUT2D eigenvalue weighted by molar-refractivity contribution is 7.10. The zero-order valence-electron chi connectivity index (χ0n) is 18.9. The van der Waals surface area contributed by atoms with Crippen LogP contribution in [-0.2, 0) is 9.53 Å². The Bertz CT molecular complexity index is 1330. The second-order valence-electron chi connectivity index (χ2n) is 7.71. The summed E-state index contributed by atoms with van der Waals surface area (Å²) in [4.78, 5) is 32.1. The molecule has 6 nitrogen and oxygen atoms in total. The Kier molecular flexibility index (Phi) is 7.25. The van der Waals surface area contributed by atoms with Crippen LogP contribution in [-0.4, -0.2) is 24.3 Å². The number of benzene rings is 1. The van der Waals surface area contributed by atoms with Crippen LogP contribution in [0.4, 0.5) is 0 Å². The molecule has 0 unspecified atom stereocenters. The minimum Gasteiger partial charge on any atom is -0.494 e. The minimum atomic E-state index is -0.547. The Balaban J connectivity index is 1.71. The second kappa shape index (κ2) is 10.3. The van der Waals surface area contributed by atoms with Crippen molar-refractivity contribution in [1.29, 1.82) is 0 Å². The van der Waals surface area contributed by atoms with E-state index in [4.69, 9.17) is 9.47 Å². The van der Waals surface area contributed by atoms with Crippen molar-refractivity contribution in [2.24, 2.45) is 4.99 Å². The van der Waals surface area contributed by atoms with Gasteiger partial charge in [-0.2, -0.15) is 0 Å². The highest BCUT2D eigenvalue weighted by atomic mass is 32.1. The smallest absolute Gasteiger partial charge is 0.338 e. The van der Waals surface area contributed by atoms with Gasteiger partial charge < -0.3 is 9.47 Å². The maximum absolute atomic E-state index is 13.4. The first kappa shape index (κ1) is 23.2. The second-order valence-corrected chi connectivity index (χ2v) is 9.70. The van der Waals surface area contributed by atoms with Crippen molar-refractivity contribution in [3.05, 3.63) is 83.2 Å². The molecule has 1 aromatic carbocycles. The minimum absolute atomic E-state index is 0.175. The van der Waals surface area contributed by atoms with Gasteiger partial charge in [0.2, 0.25) is 0 Å². The third-order valence-electron chi connectivity index (χ3n) is 5.43. The Labute approximate surface area is 200 Å². The number of rotatable bonds is 8. The Morgan fingerprint density at radius 1 is 1.21 bits per heavy atom. The molecule has 0 N–H and O–H groups in total. The molecule has 1 aliphatic rings. The van der Waals surface area contributed by atoms with Crippen LogP contribution >= 0.6 is 22.7 Å². The lowest BCUT2D eigenvalue weighted by molar-refractivity contribution is -0.136. The summed E-state index contributed by atoms with van der Waals surface area (Å²) in [6.45, 7) is 4.65. The fourth-order valence-corrected chi connectivity index (χ4v) is 5.63. The molecule has 4 rings (SSSR count). The van der Waals surface area contributed by atoms with E-state index < -0.39 is 12.0 Å². The predicted octanol–water partition coefficient (Wildman–Crippen LogP) is 4.04. The van der Waals surface area contributed by atoms with Gasteiger partial charge in [-0.3, -0.25) is 9.36 Å². The van der Waals surface area contributed by atoms with E-state index >= 15 is 0 Å². The van der Waals surface area contributed by atoms with E-state index in [9.17, 15) is 9.59 Å². The average Bonchev–Trinajstić information content (AvgIpc) is 3.45. The molecule has 0 aliphatic carbocycles. The standard InChI is InChI=1S/C25H26N2O4S2/c1-4-5-6-13-31-18-11-9-17(10-12-18)15-20-23(28)27-22(19-8-7-14-32-19)21(24(29)30-3)16(2)26-25(27)33-20/h7-12,14-15,22H,4-6,13H2,1-3H3/b20-15+/t22-/m0/s1. The van der Waals surface area contributed by atoms with E-state index in [0.29, 0.717) is 27.2 Å². The van der Waals surface area contributed by atoms with E-state index in [1.165, 1.54) is 29.8 Å². The largest absolute Gasteiger partial charge is 0.494 e. The molecule has 0 bridgehead atoms. The van der Waals surface area contributed by atoms with Gasteiger partial charge in [0.1, 0.15) is 11.8 Å². The van der Waals surface area contributed by atoms with Crippen LogP contribution in [0.15, 0.2) is 62.8 Å². The third kappa shape index (κ3) is 4.86. The van der Waals surface area contributed by atoms with Gasteiger partial charge in [-0.05, 0) is 48.6 Å². The zero-order chi connectivity index (χ0) is 23.4. The number of hydrogen-bond acceptors (Lipinski definition) is 7. The summed E-state index contributed by atoms with van der Waals surface area (Å²) in [6, 6.07) is 11.0. The van der Waals surface area contributed by atoms with Crippen LogP contribution in [0.25, 0.3) is 6.08 Å². The Morgan fingerprint density at radius 2 is 2.00 bits per heavy atom. The summed E-state index contributed by atoms with van der Waals surface area (Å²) in [6.07, 6.45) is 5.21. The predicted molar refractivity (Wildman–Crippen MR) is 132 cm³/mol. The third-order valence-corrected chi connectivity index (χ3v) is 7.34. The molecule has 172 valence electrons. The van der Waals surface area contributed by atoms with Gasteiger partial charge in [-0.15, -0.1) is 11.3 Å². The number of thiazole rings is 1. The first-order valence-electron chi connectivity index (χ1n) is 10.9. The number of aromatic nitrogens is 1. The normalized spacial score (nSPS) is 15.8. The average molecular weight is 483 g/mol. The van der Waals surface area contributed by atoms with Crippen molar-refractivity contribution < 1.29 is 14.3 Å². The number of hydrogen-bond donors (Lipinski definition) is 0. The maximum atomic E-state index is 13.4. The molecule has 0 fully saturated rings. The van der Waals surface area contributed by atoms with Crippen LogP contribution in [0.2, 0.25) is 0 Å². The quantitative estimate of drug-likeness (QED) is 0.359. The van der Waals surface area contributed by atoms with E-state index in [2.05, 4.69) is 11.9 Å². The number of allylic oxidation sites excluding steroid dienone is 1. The van der Waals surface area contributed by atoms with Gasteiger partial charge in [0, 0.05) is 4.88 Å². The molecule has 0 amide bonds. The van der Waals surface area contributed by atoms with Crippen molar-refractivity contribution >= 4 is 34.7 Å². The molecule has 0 saturated heterocycles. The van der Waals surface area contributed by atoms with Gasteiger partial charge in [0.05, 0.1) is 29.5 Å². The first-order chi connectivity index (χ1) is 16.0. The number of esters is 1. The molecule has 1 atom stereocenters. The van der Waals surface area contributed by atoms with Gasteiger partial charge in [0.15, 0.2) is 4.80 Å². The van der Waals surface area contributed by atoms with Crippen molar-refractivity contribution in [3.8, 4) is 5.75 Å². The molecule has 3 heterocycles. The summed E-state index contributed by atoms with van der Waals surface area (Å²) in [5.74, 6) is 0.346. The molecule has 2 aromatic heterocycles. The van der Waals surface area contributed by atoms with Gasteiger partial charge in [-0.1, -0.05) is 49.3 Å². The van der Waals surface area contributed by atoms with E-state index in [1.807, 2.05) is 47.9 Å². The summed E-state index contributed by atoms with van der Waals surface area (Å²) in [5.41, 5.74) is 1.68. The summed E-state index contributed by atoms with van der Waals surface area (Å²) in [5, 5.41) is 1.93. The molecular formula is C25H26N2O4S2. The van der Waals surface area contributed by atoms with E-state index in [0.717, 1.165) is 35.5 Å². The topological polar surface area (TPSA) is 69.9 Å². The fraction of sp³-hybridized carbons (Fsp3) is 0.320. The number of carbonyl (C=O) groups is 1. The first-order valence-corrected chi connectivity index (χ1v) is 12.6. The van der Waals surface area contributed by atoms with Gasteiger partial charge >= 0.3 is 5.97 Å². The molecule has 33 heavy (non-hydrogen) atoms. The molecule has 0 spiro atoms. The van der Waals surface area contributed by atoms with Crippen LogP contribution in [0.1, 0.15) is 49.6 Å². The van der Waals surface area contributed by atoms with E-state index in [-0.39, 0.29) is 5.56 Å². The van der Waals surface area contributed by atoms with Crippen molar-refractivity contribution in [2.45, 2.75) is 39.2 Å². The van der Waals surface area contributed by atoms with Crippen molar-refractivity contribution in [3.63, 3.8) is 0 Å². The number of fused-ring (bicyclic) bond motifs is 1. The number of methoxy groups -OCH3 is 1. The van der Waals surface area contributed by atoms with Crippen LogP contribution in [0.3, 0.4) is 0 Å². The molecule has 3 aromatic rings. The zero-order valence-corrected chi connectivity index (χ0v) is 20.5. The molecule has 8 heteroatoms. The van der Waals surface area contributed by atoms with Crippen LogP contribution in [0, 0.1) is 0 Å². The SMILES string of the molecule is CCCCCOc1ccc(/C=c2/sc3n(c2=O)[C@@H](c2cccs2)C(C(=O)OC)=C(C)N=3)cc1. The molecule has 0 saturated carbocycles. The number of thiophene rings is 1. The van der Waals surface area contributed by atoms with Gasteiger partial charge in [-0.25, -0.2) is 9.79 Å². The Hall–Kier alpha value is -2.97. The maximum Gasteiger partial charge on any atom is 0.338 e. The lowest BCUT2D eigenvalue weighted by Crippen LogP contribution is -2.39. The Morgan fingerprint density at radius 3 is 2.67 bits per heavy atom. The summed E-state index contributed by atoms with van der Waals surface area (Å²) in [7, 11) is 1.34. The lowest BCUT2D eigenvalue weighted by atomic mass is 10.0. The van der Waals surface area contributed by atoms with Crippen LogP contribution in [0.5, 0.6) is 5.75 Å². The molecule has 1 aliphatic heterocycles.